The first kappa shape index (κ1) is 24.2. The molecule has 0 saturated carbocycles. The minimum atomic E-state index is -4.56. The van der Waals surface area contributed by atoms with Crippen molar-refractivity contribution >= 4 is 16.9 Å². The van der Waals surface area contributed by atoms with Gasteiger partial charge in [0.05, 0.1) is 28.0 Å². The van der Waals surface area contributed by atoms with Crippen LogP contribution in [-0.2, 0) is 24.1 Å². The normalized spacial score (nSPS) is 11.7. The summed E-state index contributed by atoms with van der Waals surface area (Å²) < 4.78 is 43.8. The number of nitrogens with zero attached hydrogens (tertiary/aromatic N) is 5. The molecule has 37 heavy (non-hydrogen) atoms. The quantitative estimate of drug-likeness (QED) is 0.343. The molecule has 3 aromatic heterocycles. The molecule has 0 aliphatic rings. The van der Waals surface area contributed by atoms with Gasteiger partial charge in [-0.2, -0.15) is 23.4 Å². The minimum absolute atomic E-state index is 0.0295. The highest BCUT2D eigenvalue weighted by Gasteiger charge is 2.35. The van der Waals surface area contributed by atoms with Gasteiger partial charge in [0.25, 0.3) is 0 Å². The van der Waals surface area contributed by atoms with Gasteiger partial charge in [0, 0.05) is 29.6 Å². The Kier molecular flexibility index (Phi) is 6.24. The van der Waals surface area contributed by atoms with Gasteiger partial charge in [-0.1, -0.05) is 48.5 Å². The molecular weight excluding hydrogens is 481 g/mol. The number of amides is 1. The summed E-state index contributed by atoms with van der Waals surface area (Å²) >= 11 is 0. The smallest absolute Gasteiger partial charge is 0.350 e. The Morgan fingerprint density at radius 2 is 1.65 bits per heavy atom. The second-order valence-electron chi connectivity index (χ2n) is 8.68. The Bertz CT molecular complexity index is 1570. The fourth-order valence-corrected chi connectivity index (χ4v) is 4.29. The average molecular weight is 505 g/mol. The fraction of sp³-hybridized carbons (Fsp3) is 0.185. The zero-order valence-electron chi connectivity index (χ0n) is 20.1. The lowest BCUT2D eigenvalue weighted by Crippen LogP contribution is -2.27. The monoisotopic (exact) mass is 504 g/mol. The Morgan fingerprint density at radius 1 is 0.973 bits per heavy atom. The summed E-state index contributed by atoms with van der Waals surface area (Å²) in [5.41, 5.74) is 2.87. The van der Waals surface area contributed by atoms with E-state index in [0.717, 1.165) is 28.6 Å². The van der Waals surface area contributed by atoms with Crippen molar-refractivity contribution in [2.24, 2.45) is 0 Å². The van der Waals surface area contributed by atoms with E-state index in [-0.39, 0.29) is 35.5 Å². The molecule has 1 N–H and O–H groups in total. The molecule has 5 rings (SSSR count). The van der Waals surface area contributed by atoms with E-state index in [1.54, 1.807) is 4.68 Å². The molecule has 0 spiro atoms. The van der Waals surface area contributed by atoms with Gasteiger partial charge in [-0.05, 0) is 32.0 Å². The third-order valence-corrected chi connectivity index (χ3v) is 5.94. The first-order valence-corrected chi connectivity index (χ1v) is 11.6. The van der Waals surface area contributed by atoms with Crippen LogP contribution in [0.25, 0.3) is 28.0 Å². The van der Waals surface area contributed by atoms with E-state index in [1.807, 2.05) is 66.9 Å². The third kappa shape index (κ3) is 4.95. The second kappa shape index (κ2) is 9.53. The number of rotatable bonds is 6. The van der Waals surface area contributed by atoms with Crippen LogP contribution in [0.4, 0.5) is 13.2 Å². The summed E-state index contributed by atoms with van der Waals surface area (Å²) in [4.78, 5) is 17.1. The maximum Gasteiger partial charge on any atom is 0.417 e. The van der Waals surface area contributed by atoms with Gasteiger partial charge in [0.2, 0.25) is 5.91 Å². The Hall–Kier alpha value is -4.47. The van der Waals surface area contributed by atoms with Crippen molar-refractivity contribution < 1.29 is 18.0 Å². The standard InChI is InChI=1S/C27H23F3N6O/c1-17-13-22(27(28,29)30)24-18(2)33-36(26(24)32-17)16-23(37)31-14-20-15-35(21-11-7-4-8-12-21)34-25(20)19-9-5-3-6-10-19/h3-13,15H,14,16H2,1-2H3,(H,31,37). The summed E-state index contributed by atoms with van der Waals surface area (Å²) in [6, 6.07) is 20.2. The van der Waals surface area contributed by atoms with Gasteiger partial charge in [0.15, 0.2) is 5.65 Å². The van der Waals surface area contributed by atoms with Crippen LogP contribution < -0.4 is 5.32 Å². The number of aromatic nitrogens is 5. The van der Waals surface area contributed by atoms with Crippen molar-refractivity contribution in [1.82, 2.24) is 29.9 Å². The molecule has 188 valence electrons. The first-order chi connectivity index (χ1) is 17.7. The maximum atomic E-state index is 13.6. The number of hydrogen-bond acceptors (Lipinski definition) is 4. The van der Waals surface area contributed by atoms with Crippen LogP contribution in [0, 0.1) is 13.8 Å². The lowest BCUT2D eigenvalue weighted by Gasteiger charge is -2.10. The van der Waals surface area contributed by atoms with Crippen LogP contribution in [0.15, 0.2) is 72.9 Å². The number of benzene rings is 2. The van der Waals surface area contributed by atoms with Gasteiger partial charge in [-0.3, -0.25) is 4.79 Å². The molecular formula is C27H23F3N6O. The molecule has 0 aliphatic heterocycles. The van der Waals surface area contributed by atoms with E-state index in [2.05, 4.69) is 15.4 Å². The number of aryl methyl sites for hydroxylation is 2. The highest BCUT2D eigenvalue weighted by atomic mass is 19.4. The molecule has 3 heterocycles. The van der Waals surface area contributed by atoms with Crippen LogP contribution in [-0.4, -0.2) is 30.5 Å². The number of carbonyl (C=O) groups excluding carboxylic acids is 1. The Balaban J connectivity index is 1.41. The molecule has 5 aromatic rings. The largest absolute Gasteiger partial charge is 0.417 e. The predicted molar refractivity (Wildman–Crippen MR) is 133 cm³/mol. The topological polar surface area (TPSA) is 77.6 Å². The molecule has 0 unspecified atom stereocenters. The van der Waals surface area contributed by atoms with E-state index < -0.39 is 17.6 Å². The highest BCUT2D eigenvalue weighted by Crippen LogP contribution is 2.36. The van der Waals surface area contributed by atoms with Crippen LogP contribution >= 0.6 is 0 Å². The molecule has 0 saturated heterocycles. The maximum absolute atomic E-state index is 13.6. The van der Waals surface area contributed by atoms with Crippen molar-refractivity contribution in [2.75, 3.05) is 0 Å². The van der Waals surface area contributed by atoms with E-state index in [1.165, 1.54) is 18.5 Å². The van der Waals surface area contributed by atoms with Gasteiger partial charge in [-0.25, -0.2) is 14.3 Å². The molecule has 0 fully saturated rings. The van der Waals surface area contributed by atoms with Crippen molar-refractivity contribution in [1.29, 1.82) is 0 Å². The van der Waals surface area contributed by atoms with Crippen LogP contribution in [0.1, 0.15) is 22.5 Å². The summed E-state index contributed by atoms with van der Waals surface area (Å²) in [5.74, 6) is -0.410. The second-order valence-corrected chi connectivity index (χ2v) is 8.68. The van der Waals surface area contributed by atoms with Gasteiger partial charge < -0.3 is 5.32 Å². The van der Waals surface area contributed by atoms with E-state index in [0.29, 0.717) is 0 Å². The molecule has 0 bridgehead atoms. The van der Waals surface area contributed by atoms with Gasteiger partial charge >= 0.3 is 6.18 Å². The number of hydrogen-bond donors (Lipinski definition) is 1. The van der Waals surface area contributed by atoms with E-state index in [9.17, 15) is 18.0 Å². The number of fused-ring (bicyclic) bond motifs is 1. The molecule has 2 aromatic carbocycles. The highest BCUT2D eigenvalue weighted by molar-refractivity contribution is 5.85. The number of halogens is 3. The summed E-state index contributed by atoms with van der Waals surface area (Å²) in [6.45, 7) is 2.87. The van der Waals surface area contributed by atoms with Crippen molar-refractivity contribution in [2.45, 2.75) is 33.1 Å². The van der Waals surface area contributed by atoms with Crippen LogP contribution in [0.3, 0.4) is 0 Å². The Morgan fingerprint density at radius 3 is 2.32 bits per heavy atom. The zero-order chi connectivity index (χ0) is 26.2. The van der Waals surface area contributed by atoms with Gasteiger partial charge in [-0.15, -0.1) is 0 Å². The van der Waals surface area contributed by atoms with Crippen LogP contribution in [0.2, 0.25) is 0 Å². The lowest BCUT2D eigenvalue weighted by atomic mass is 10.1. The zero-order valence-corrected chi connectivity index (χ0v) is 20.1. The first-order valence-electron chi connectivity index (χ1n) is 11.6. The SMILES string of the molecule is Cc1cc(C(F)(F)F)c2c(C)nn(CC(=O)NCc3cn(-c4ccccc4)nc3-c3ccccc3)c2n1. The Labute approximate surface area is 210 Å². The number of pyridine rings is 1. The van der Waals surface area contributed by atoms with Gasteiger partial charge in [0.1, 0.15) is 6.54 Å². The number of para-hydroxylation sites is 1. The lowest BCUT2D eigenvalue weighted by molar-refractivity contribution is -0.136. The minimum Gasteiger partial charge on any atom is -0.350 e. The van der Waals surface area contributed by atoms with Crippen molar-refractivity contribution in [3.05, 3.63) is 95.4 Å². The van der Waals surface area contributed by atoms with Crippen LogP contribution in [0.5, 0.6) is 0 Å². The molecule has 10 heteroatoms. The molecule has 0 aliphatic carbocycles. The molecule has 0 radical (unpaired) electrons. The number of carbonyl (C=O) groups is 1. The molecule has 7 nitrogen and oxygen atoms in total. The van der Waals surface area contributed by atoms with E-state index >= 15 is 0 Å². The number of alkyl halides is 3. The van der Waals surface area contributed by atoms with E-state index in [4.69, 9.17) is 5.10 Å². The summed E-state index contributed by atoms with van der Waals surface area (Å²) in [5, 5.41) is 11.7. The average Bonchev–Trinajstić information content (AvgIpc) is 3.44. The fourth-order valence-electron chi connectivity index (χ4n) is 4.29. The third-order valence-electron chi connectivity index (χ3n) is 5.94. The molecule has 1 amide bonds. The molecule has 0 atom stereocenters. The summed E-state index contributed by atoms with van der Waals surface area (Å²) in [6.07, 6.45) is -2.70. The summed E-state index contributed by atoms with van der Waals surface area (Å²) in [7, 11) is 0. The predicted octanol–water partition coefficient (Wildman–Crippen LogP) is 5.24. The number of nitrogens with one attached hydrogen (secondary N) is 1. The van der Waals surface area contributed by atoms with Crippen molar-refractivity contribution in [3.8, 4) is 16.9 Å². The van der Waals surface area contributed by atoms with Crippen molar-refractivity contribution in [3.63, 3.8) is 0 Å².